The number of ether oxygens (including phenoxy) is 1. The largest absolute Gasteiger partial charge is 0.459 e. The van der Waals surface area contributed by atoms with Crippen molar-refractivity contribution in [3.8, 4) is 0 Å². The molecule has 1 atom stereocenters. The lowest BCUT2D eigenvalue weighted by Gasteiger charge is -2.16. The van der Waals surface area contributed by atoms with E-state index in [4.69, 9.17) is 16.3 Å². The predicted octanol–water partition coefficient (Wildman–Crippen LogP) is 1.59. The molecule has 144 valence electrons. The molecule has 2 rings (SSSR count). The van der Waals surface area contributed by atoms with E-state index >= 15 is 0 Å². The minimum Gasteiger partial charge on any atom is -0.459 e. The van der Waals surface area contributed by atoms with Crippen molar-refractivity contribution < 1.29 is 27.9 Å². The van der Waals surface area contributed by atoms with Gasteiger partial charge in [-0.15, -0.1) is 0 Å². The standard InChI is InChI=1S/C17H17ClN2O6S/c1-11(22)26-10-15-7-4-13(8-19-15)17(23)20-27(24,25)16(9-21)12-2-5-14(18)6-3-12/h2-8,16,21H,9-10H2,1H3,(H,20,23). The van der Waals surface area contributed by atoms with Crippen molar-refractivity contribution in [2.24, 2.45) is 0 Å². The van der Waals surface area contributed by atoms with Gasteiger partial charge in [-0.3, -0.25) is 14.6 Å². The zero-order chi connectivity index (χ0) is 20.0. The van der Waals surface area contributed by atoms with E-state index in [0.717, 1.165) is 0 Å². The smallest absolute Gasteiger partial charge is 0.303 e. The lowest BCUT2D eigenvalue weighted by Crippen LogP contribution is -2.35. The second-order valence-electron chi connectivity index (χ2n) is 5.52. The minimum atomic E-state index is -4.21. The number of nitrogens with one attached hydrogen (secondary N) is 1. The van der Waals surface area contributed by atoms with Gasteiger partial charge in [0.1, 0.15) is 11.9 Å². The molecule has 8 nitrogen and oxygen atoms in total. The summed E-state index contributed by atoms with van der Waals surface area (Å²) in [6.45, 7) is 0.480. The zero-order valence-electron chi connectivity index (χ0n) is 14.3. The van der Waals surface area contributed by atoms with Crippen LogP contribution in [0.5, 0.6) is 0 Å². The second-order valence-corrected chi connectivity index (χ2v) is 7.82. The van der Waals surface area contributed by atoms with E-state index in [0.29, 0.717) is 10.7 Å². The molecular formula is C17H17ClN2O6S. The van der Waals surface area contributed by atoms with E-state index in [1.54, 1.807) is 0 Å². The van der Waals surface area contributed by atoms with Crippen molar-refractivity contribution in [2.45, 2.75) is 18.8 Å². The fourth-order valence-corrected chi connectivity index (χ4v) is 3.50. The van der Waals surface area contributed by atoms with Gasteiger partial charge in [-0.2, -0.15) is 0 Å². The number of pyridine rings is 1. The lowest BCUT2D eigenvalue weighted by atomic mass is 10.1. The number of esters is 1. The van der Waals surface area contributed by atoms with Gasteiger partial charge < -0.3 is 9.84 Å². The summed E-state index contributed by atoms with van der Waals surface area (Å²) in [5.41, 5.74) is 0.689. The van der Waals surface area contributed by atoms with Crippen molar-refractivity contribution in [2.75, 3.05) is 6.61 Å². The van der Waals surface area contributed by atoms with E-state index in [1.165, 1.54) is 49.5 Å². The summed E-state index contributed by atoms with van der Waals surface area (Å²) in [6.07, 6.45) is 1.17. The van der Waals surface area contributed by atoms with Crippen LogP contribution in [0, 0.1) is 0 Å². The van der Waals surface area contributed by atoms with Crippen molar-refractivity contribution in [3.63, 3.8) is 0 Å². The van der Waals surface area contributed by atoms with Crippen LogP contribution in [0.1, 0.15) is 33.8 Å². The summed E-state index contributed by atoms with van der Waals surface area (Å²) in [5, 5.41) is 8.57. The summed E-state index contributed by atoms with van der Waals surface area (Å²) in [4.78, 5) is 26.9. The quantitative estimate of drug-likeness (QED) is 0.662. The summed E-state index contributed by atoms with van der Waals surface area (Å²) in [5.74, 6) is -1.36. The van der Waals surface area contributed by atoms with Crippen molar-refractivity contribution >= 4 is 33.5 Å². The number of carbonyl (C=O) groups is 2. The third-order valence-corrected chi connectivity index (χ3v) is 5.42. The first-order valence-corrected chi connectivity index (χ1v) is 9.66. The Hall–Kier alpha value is -2.49. The van der Waals surface area contributed by atoms with Gasteiger partial charge in [-0.1, -0.05) is 23.7 Å². The number of aliphatic hydroxyl groups excluding tert-OH is 1. The molecule has 0 aliphatic carbocycles. The average Bonchev–Trinajstić information content (AvgIpc) is 2.62. The summed E-state index contributed by atoms with van der Waals surface area (Å²) >= 11 is 5.77. The molecule has 0 bridgehead atoms. The van der Waals surface area contributed by atoms with Crippen LogP contribution in [0.25, 0.3) is 0 Å². The fourth-order valence-electron chi connectivity index (χ4n) is 2.14. The molecule has 2 N–H and O–H groups in total. The van der Waals surface area contributed by atoms with Crippen LogP contribution in [-0.4, -0.2) is 37.0 Å². The Morgan fingerprint density at radius 2 is 1.89 bits per heavy atom. The molecule has 10 heteroatoms. The molecule has 0 spiro atoms. The van der Waals surface area contributed by atoms with Gasteiger partial charge in [0.25, 0.3) is 5.91 Å². The Kier molecular flexibility index (Phi) is 6.89. The molecule has 0 saturated heterocycles. The van der Waals surface area contributed by atoms with Crippen LogP contribution >= 0.6 is 11.6 Å². The highest BCUT2D eigenvalue weighted by Crippen LogP contribution is 2.23. The lowest BCUT2D eigenvalue weighted by molar-refractivity contribution is -0.142. The molecule has 27 heavy (non-hydrogen) atoms. The van der Waals surface area contributed by atoms with Crippen molar-refractivity contribution in [1.29, 1.82) is 0 Å². The minimum absolute atomic E-state index is 0.00190. The molecule has 0 radical (unpaired) electrons. The number of carbonyl (C=O) groups excluding carboxylic acids is 2. The van der Waals surface area contributed by atoms with Gasteiger partial charge in [0.05, 0.1) is 17.9 Å². The van der Waals surface area contributed by atoms with Gasteiger partial charge in [-0.05, 0) is 29.8 Å². The summed E-state index contributed by atoms with van der Waals surface area (Å²) in [7, 11) is -4.21. The number of aliphatic hydroxyl groups is 1. The number of hydrogen-bond acceptors (Lipinski definition) is 7. The van der Waals surface area contributed by atoms with E-state index in [1.807, 2.05) is 4.72 Å². The molecule has 1 unspecified atom stereocenters. The number of benzene rings is 1. The highest BCUT2D eigenvalue weighted by molar-refractivity contribution is 7.90. The maximum absolute atomic E-state index is 12.5. The molecule has 0 fully saturated rings. The third kappa shape index (κ3) is 5.75. The highest BCUT2D eigenvalue weighted by Gasteiger charge is 2.29. The monoisotopic (exact) mass is 412 g/mol. The van der Waals surface area contributed by atoms with Crippen LogP contribution in [0.4, 0.5) is 0 Å². The molecule has 1 aromatic heterocycles. The average molecular weight is 413 g/mol. The van der Waals surface area contributed by atoms with Crippen LogP contribution in [0.2, 0.25) is 5.02 Å². The normalized spacial score (nSPS) is 12.3. The number of nitrogens with zero attached hydrogens (tertiary/aromatic N) is 1. The number of aromatic nitrogens is 1. The Bertz CT molecular complexity index is 913. The number of amides is 1. The first-order chi connectivity index (χ1) is 12.7. The number of rotatable bonds is 7. The van der Waals surface area contributed by atoms with Crippen LogP contribution < -0.4 is 4.72 Å². The van der Waals surface area contributed by atoms with Crippen LogP contribution in [0.3, 0.4) is 0 Å². The van der Waals surface area contributed by atoms with Crippen molar-refractivity contribution in [3.05, 3.63) is 64.4 Å². The Morgan fingerprint density at radius 3 is 2.41 bits per heavy atom. The molecule has 1 heterocycles. The maximum Gasteiger partial charge on any atom is 0.303 e. The third-order valence-electron chi connectivity index (χ3n) is 3.53. The molecule has 1 aromatic carbocycles. The fraction of sp³-hybridized carbons (Fsp3) is 0.235. The molecule has 1 amide bonds. The number of sulfonamides is 1. The topological polar surface area (TPSA) is 123 Å². The van der Waals surface area contributed by atoms with E-state index in [9.17, 15) is 23.1 Å². The second kappa shape index (κ2) is 8.94. The first-order valence-electron chi connectivity index (χ1n) is 7.73. The van der Waals surface area contributed by atoms with Gasteiger partial charge >= 0.3 is 5.97 Å². The Labute approximate surface area is 161 Å². The van der Waals surface area contributed by atoms with Gasteiger partial charge in [0, 0.05) is 18.1 Å². The summed E-state index contributed by atoms with van der Waals surface area (Å²) in [6, 6.07) is 8.68. The molecule has 0 aliphatic rings. The van der Waals surface area contributed by atoms with E-state index in [-0.39, 0.29) is 17.7 Å². The molecule has 2 aromatic rings. The van der Waals surface area contributed by atoms with Crippen molar-refractivity contribution in [1.82, 2.24) is 9.71 Å². The number of halogens is 1. The number of hydrogen-bond donors (Lipinski definition) is 2. The van der Waals surface area contributed by atoms with Gasteiger partial charge in [-0.25, -0.2) is 13.1 Å². The predicted molar refractivity (Wildman–Crippen MR) is 97.4 cm³/mol. The molecular weight excluding hydrogens is 396 g/mol. The zero-order valence-corrected chi connectivity index (χ0v) is 15.8. The van der Waals surface area contributed by atoms with Crippen LogP contribution in [0.15, 0.2) is 42.6 Å². The van der Waals surface area contributed by atoms with Gasteiger partial charge in [0.2, 0.25) is 10.0 Å². The highest BCUT2D eigenvalue weighted by atomic mass is 35.5. The summed E-state index contributed by atoms with van der Waals surface area (Å²) < 4.78 is 31.6. The SMILES string of the molecule is CC(=O)OCc1ccc(C(=O)NS(=O)(=O)C(CO)c2ccc(Cl)cc2)cn1. The Morgan fingerprint density at radius 1 is 1.22 bits per heavy atom. The molecule has 0 saturated carbocycles. The van der Waals surface area contributed by atoms with Crippen LogP contribution in [-0.2, 0) is 26.2 Å². The first kappa shape index (κ1) is 20.8. The van der Waals surface area contributed by atoms with E-state index in [2.05, 4.69) is 4.98 Å². The van der Waals surface area contributed by atoms with E-state index < -0.39 is 33.8 Å². The maximum atomic E-state index is 12.5. The van der Waals surface area contributed by atoms with Gasteiger partial charge in [0.15, 0.2) is 0 Å². The molecule has 0 aliphatic heterocycles. The Balaban J connectivity index is 2.12.